The molecule has 0 aromatic heterocycles. The molecule has 0 aliphatic carbocycles. The van der Waals surface area contributed by atoms with E-state index in [4.69, 9.17) is 36.4 Å². The zero-order chi connectivity index (χ0) is 76.1. The number of halogens is 2. The molecule has 1 fully saturated rings. The van der Waals surface area contributed by atoms with Gasteiger partial charge in [-0.05, 0) is 145 Å². The number of hydrogen-bond acceptors (Lipinski definition) is 26. The van der Waals surface area contributed by atoms with E-state index in [9.17, 15) is 72.6 Å². The number of benzene rings is 6. The third kappa shape index (κ3) is 25.5. The molecule has 1 amide bonds. The van der Waals surface area contributed by atoms with Gasteiger partial charge in [-0.15, -0.1) is 11.8 Å². The molecule has 0 radical (unpaired) electrons. The molecular weight excluding hydrogens is 1460 g/mol. The summed E-state index contributed by atoms with van der Waals surface area (Å²) in [5.41, 5.74) is 4.57. The molecule has 540 valence electrons. The molecule has 25 nitrogen and oxygen atoms in total. The molecule has 3 N–H and O–H groups in total. The molecule has 1 atom stereocenters. The normalized spacial score (nSPS) is 13.6. The Morgan fingerprint density at radius 2 is 1.21 bits per heavy atom. The number of rotatable bonds is 12. The van der Waals surface area contributed by atoms with Gasteiger partial charge in [0.2, 0.25) is 0 Å². The Hall–Kier alpha value is -7.86. The van der Waals surface area contributed by atoms with Gasteiger partial charge >= 0.3 is 60.6 Å². The maximum absolute atomic E-state index is 13.0. The van der Waals surface area contributed by atoms with Crippen LogP contribution in [0.2, 0.25) is 0 Å². The number of nitrogens with zero attached hydrogens (tertiary/aromatic N) is 3. The first-order chi connectivity index (χ1) is 47.8. The molecule has 6 aromatic carbocycles. The van der Waals surface area contributed by atoms with Crippen molar-refractivity contribution in [3.63, 3.8) is 0 Å². The number of methoxy groups -OCH3 is 3. The summed E-state index contributed by atoms with van der Waals surface area (Å²) >= 11 is 5.56. The van der Waals surface area contributed by atoms with Crippen LogP contribution in [0, 0.1) is 52.7 Å². The minimum atomic E-state index is -3.61. The van der Waals surface area contributed by atoms with E-state index in [-0.39, 0.29) is 117 Å². The quantitative estimate of drug-likeness (QED) is 0.0516. The van der Waals surface area contributed by atoms with Gasteiger partial charge in [0.25, 0.3) is 5.91 Å². The van der Waals surface area contributed by atoms with Crippen molar-refractivity contribution in [1.29, 1.82) is 15.8 Å². The summed E-state index contributed by atoms with van der Waals surface area (Å²) in [6.07, 6.45) is 7.02. The second-order valence-corrected chi connectivity index (χ2v) is 27.9. The van der Waals surface area contributed by atoms with Gasteiger partial charge in [0.15, 0.2) is 41.1 Å². The zero-order valence-corrected chi connectivity index (χ0v) is 64.0. The SMILES string of the molecule is C1CCOC1.COC(=O)c1ccc(F)c(C#N)c1.COC(=O)c1ccc(S(C)(=O)=O)c(C#N)c1.COC(=O)c1ccc(SC)c(C#N)c1.C[S-].Cc1c(C(=O)N[C@H](C(=O)OCc2ccc3c(c2)C(=O)CS3(=O)=O)C(C)C)ccc2c1B(O)OC2.O=C1CS(=O)(=O)c2ccc(CO)cc21.S.[2H]CF.[Na+]. The monoisotopic (exact) mass is 1530 g/mol. The van der Waals surface area contributed by atoms with Crippen LogP contribution in [0.3, 0.4) is 0 Å². The number of carbonyl (C=O) groups is 7. The van der Waals surface area contributed by atoms with Crippen LogP contribution in [0.4, 0.5) is 8.78 Å². The number of hydrogen-bond donors (Lipinski definition) is 3. The number of aliphatic hydroxyl groups excluding tert-OH is 1. The van der Waals surface area contributed by atoms with Crippen molar-refractivity contribution in [2.75, 3.05) is 72.0 Å². The van der Waals surface area contributed by atoms with E-state index in [1.807, 2.05) is 12.3 Å². The fourth-order valence-electron chi connectivity index (χ4n) is 9.28. The molecule has 4 aliphatic rings. The first-order valence-electron chi connectivity index (χ1n) is 29.9. The van der Waals surface area contributed by atoms with Crippen molar-refractivity contribution in [2.24, 2.45) is 5.92 Å². The smallest absolute Gasteiger partial charge is 0.796 e. The minimum absolute atomic E-state index is 0. The molecule has 10 rings (SSSR count). The Bertz CT molecular complexity index is 4530. The molecule has 1 saturated heterocycles. The standard InChI is InChI=1S/C23H24BNO8S.C10H9NO4S.C10H9NO2S.C9H6FNO2.C9H8O4S.C4H8O.CH3F.CH4S.Na.H2S/c1-12(2)21(25-22(27)16-6-5-15-10-33-24(29)20(15)13(16)3)23(28)32-9-14-4-7-19-17(8-14)18(26)11-34(19,30)31;1-15-10(12)7-3-4-9(16(2,13)14)8(5-7)6-11;1-13-10(12)7-3-4-9(14-2)8(5-7)6-11;1-13-9(12)6-2-3-8(10)7(4-6)5-11;10-4-6-1-2-9-7(3-6)8(11)5-14(9,12)13;1-2-4-5-3-1;2*1-2;;/h4-8,12,21,29H,9-11H2,1-3H3,(H,25,27);3-5H,1-2H3;3-5H,1-2H3;2-4H,1H3;1-3,10H,4-5H2;1-4H2;1H3;2H,1H3;;1H2/q;;;;;;;;+1;/p-1/t21-;;;;;;;;;/m0........./s1/i;;;;;;1D;;;. The number of esters is 4. The van der Waals surface area contributed by atoms with Gasteiger partial charge in [-0.25, -0.2) is 48.8 Å². The average molecular weight is 1530 g/mol. The second kappa shape index (κ2) is 43.9. The molecule has 4 aliphatic heterocycles. The summed E-state index contributed by atoms with van der Waals surface area (Å²) in [6, 6.07) is 28.5. The Kier molecular flexibility index (Phi) is 38.9. The van der Waals surface area contributed by atoms with Gasteiger partial charge in [0, 0.05) is 41.1 Å². The number of fused-ring (bicyclic) bond motifs is 3. The Labute approximate surface area is 631 Å². The van der Waals surface area contributed by atoms with Gasteiger partial charge in [0.1, 0.15) is 48.2 Å². The van der Waals surface area contributed by atoms with Crippen LogP contribution in [-0.2, 0) is 95.1 Å². The van der Waals surface area contributed by atoms with Crippen LogP contribution in [0.15, 0.2) is 123 Å². The van der Waals surface area contributed by atoms with Gasteiger partial charge in [-0.3, -0.25) is 18.8 Å². The molecule has 0 bridgehead atoms. The number of nitriles is 3. The summed E-state index contributed by atoms with van der Waals surface area (Å²) in [4.78, 5) is 83.1. The number of carbonyl (C=O) groups excluding carboxylic acids is 7. The number of Topliss-reactive ketones (excluding diaryl/α,β-unsaturated/α-hetero) is 2. The van der Waals surface area contributed by atoms with Crippen molar-refractivity contribution >= 4 is 121 Å². The average Bonchev–Trinajstić information content (AvgIpc) is 1.68. The van der Waals surface area contributed by atoms with E-state index in [1.54, 1.807) is 63.4 Å². The summed E-state index contributed by atoms with van der Waals surface area (Å²) in [6.45, 7) is 7.13. The van der Waals surface area contributed by atoms with Gasteiger partial charge in [-0.1, -0.05) is 32.0 Å². The number of sulfone groups is 3. The molecule has 102 heavy (non-hydrogen) atoms. The van der Waals surface area contributed by atoms with E-state index in [1.165, 1.54) is 113 Å². The number of alkyl halides is 1. The molecule has 0 spiro atoms. The molecule has 35 heteroatoms. The number of thioether (sulfide) groups is 1. The molecular formula is C67H72BF2N4NaO21S6. The summed E-state index contributed by atoms with van der Waals surface area (Å²) < 4.78 is 126. The first-order valence-corrected chi connectivity index (χ1v) is 36.4. The summed E-state index contributed by atoms with van der Waals surface area (Å²) in [5.74, 6) is -5.58. The number of ketones is 2. The third-order valence-corrected chi connectivity index (χ3v) is 19.5. The fourth-order valence-corrected chi connectivity index (χ4v) is 13.5. The van der Waals surface area contributed by atoms with E-state index in [2.05, 4.69) is 32.2 Å². The Balaban J connectivity index is 0.000000655. The van der Waals surface area contributed by atoms with Crippen molar-refractivity contribution < 1.29 is 137 Å². The predicted molar refractivity (Wildman–Crippen MR) is 374 cm³/mol. The van der Waals surface area contributed by atoms with Crippen LogP contribution in [0.5, 0.6) is 0 Å². The molecule has 4 heterocycles. The first kappa shape index (κ1) is 90.2. The fraction of sp³-hybridized carbons (Fsp3) is 0.313. The minimum Gasteiger partial charge on any atom is -0.796 e. The van der Waals surface area contributed by atoms with Gasteiger partial charge in [0.05, 0.1) is 91.1 Å². The number of amides is 1. The Morgan fingerprint density at radius 1 is 0.745 bits per heavy atom. The van der Waals surface area contributed by atoms with Crippen LogP contribution in [-0.4, -0.2) is 162 Å². The van der Waals surface area contributed by atoms with Crippen molar-refractivity contribution in [1.82, 2.24) is 5.32 Å². The number of aliphatic hydroxyl groups is 1. The zero-order valence-electron chi connectivity index (χ0n) is 57.9. The van der Waals surface area contributed by atoms with Crippen LogP contribution < -0.4 is 40.3 Å². The third-order valence-electron chi connectivity index (χ3n) is 14.3. The maximum atomic E-state index is 13.0. The summed E-state index contributed by atoms with van der Waals surface area (Å²) in [7, 11) is -8.84. The van der Waals surface area contributed by atoms with E-state index >= 15 is 0 Å². The largest absolute Gasteiger partial charge is 1.00 e. The molecule has 0 unspecified atom stereocenters. The van der Waals surface area contributed by atoms with Gasteiger partial charge < -0.3 is 56.4 Å². The number of ether oxygens (including phenoxy) is 5. The van der Waals surface area contributed by atoms with E-state index in [0.29, 0.717) is 38.8 Å². The second-order valence-electron chi connectivity index (χ2n) is 21.2. The number of nitrogens with one attached hydrogen (secondary N) is 1. The van der Waals surface area contributed by atoms with Crippen LogP contribution >= 0.6 is 25.3 Å². The molecule has 0 saturated carbocycles. The van der Waals surface area contributed by atoms with E-state index in [0.717, 1.165) is 42.1 Å². The Morgan fingerprint density at radius 3 is 1.65 bits per heavy atom. The summed E-state index contributed by atoms with van der Waals surface area (Å²) in [5, 5.41) is 47.6. The topological polar surface area (TPSA) is 401 Å². The van der Waals surface area contributed by atoms with Crippen LogP contribution in [0.1, 0.15) is 129 Å². The van der Waals surface area contributed by atoms with Crippen molar-refractivity contribution in [3.05, 3.63) is 181 Å². The van der Waals surface area contributed by atoms with Crippen LogP contribution in [0.25, 0.3) is 0 Å². The van der Waals surface area contributed by atoms with Crippen molar-refractivity contribution in [2.45, 2.75) is 79.1 Å². The van der Waals surface area contributed by atoms with Crippen molar-refractivity contribution in [3.8, 4) is 18.2 Å². The predicted octanol–water partition coefficient (Wildman–Crippen LogP) is 3.79. The van der Waals surface area contributed by atoms with E-state index < -0.39 is 108 Å². The maximum Gasteiger partial charge on any atom is 1.00 e. The van der Waals surface area contributed by atoms with Gasteiger partial charge in [-0.2, -0.15) is 35.5 Å². The molecule has 6 aromatic rings.